The lowest BCUT2D eigenvalue weighted by Gasteiger charge is -2.36. The molecule has 3 N–H and O–H groups in total. The summed E-state index contributed by atoms with van der Waals surface area (Å²) in [6.07, 6.45) is 4.04. The number of hydrogen-bond donors (Lipinski definition) is 2. The van der Waals surface area contributed by atoms with Crippen LogP contribution in [0, 0.1) is 5.92 Å². The molecule has 1 atom stereocenters. The topological polar surface area (TPSA) is 78.7 Å². The minimum absolute atomic E-state index is 0.0620. The van der Waals surface area contributed by atoms with E-state index in [2.05, 4.69) is 57.0 Å². The number of nitrogens with one attached hydrogen (secondary N) is 1. The minimum Gasteiger partial charge on any atom is -0.351 e. The van der Waals surface area contributed by atoms with Crippen LogP contribution in [0.1, 0.15) is 75.4 Å². The van der Waals surface area contributed by atoms with Crippen molar-refractivity contribution in [2.45, 2.75) is 71.8 Å². The van der Waals surface area contributed by atoms with Gasteiger partial charge < -0.3 is 20.9 Å². The monoisotopic (exact) mass is 492 g/mol. The molecule has 1 heterocycles. The predicted molar refractivity (Wildman–Crippen MR) is 148 cm³/mol. The van der Waals surface area contributed by atoms with E-state index in [-0.39, 0.29) is 17.4 Å². The van der Waals surface area contributed by atoms with Gasteiger partial charge in [-0.2, -0.15) is 0 Å². The van der Waals surface area contributed by atoms with Crippen LogP contribution in [-0.4, -0.2) is 54.0 Å². The number of benzene rings is 2. The molecule has 36 heavy (non-hydrogen) atoms. The summed E-state index contributed by atoms with van der Waals surface area (Å²) in [5, 5.41) is 3.07. The van der Waals surface area contributed by atoms with E-state index in [1.54, 1.807) is 4.90 Å². The highest BCUT2D eigenvalue weighted by Crippen LogP contribution is 2.24. The fourth-order valence-corrected chi connectivity index (χ4v) is 5.02. The van der Waals surface area contributed by atoms with E-state index in [1.165, 1.54) is 11.1 Å². The number of piperidine rings is 1. The van der Waals surface area contributed by atoms with Crippen LogP contribution >= 0.6 is 0 Å². The molecule has 2 aromatic carbocycles. The van der Waals surface area contributed by atoms with Crippen molar-refractivity contribution in [1.82, 2.24) is 9.80 Å². The molecule has 1 aliphatic heterocycles. The normalized spacial score (nSPS) is 15.7. The highest BCUT2D eigenvalue weighted by molar-refractivity contribution is 6.04. The van der Waals surface area contributed by atoms with Gasteiger partial charge in [0.2, 0.25) is 0 Å². The second-order valence-electron chi connectivity index (χ2n) is 11.3. The highest BCUT2D eigenvalue weighted by Gasteiger charge is 2.25. The van der Waals surface area contributed by atoms with Gasteiger partial charge in [0, 0.05) is 36.9 Å². The highest BCUT2D eigenvalue weighted by atomic mass is 16.2. The first kappa shape index (κ1) is 27.7. The first-order chi connectivity index (χ1) is 17.1. The standard InChI is InChI=1S/C30H44N4O2/c1-6-16-34(21-23-14-17-33(18-15-23)29(31)36)22(2)19-24-8-7-9-27(20-24)32-28(35)25-10-12-26(13-11-25)30(3,4)5/h7-13,20,22-23H,6,14-19,21H2,1-5H3,(H2,31,36)(H,32,35). The average molecular weight is 493 g/mol. The van der Waals surface area contributed by atoms with E-state index >= 15 is 0 Å². The largest absolute Gasteiger partial charge is 0.351 e. The number of likely N-dealkylation sites (tertiary alicyclic amines) is 1. The molecule has 0 saturated carbocycles. The quantitative estimate of drug-likeness (QED) is 0.473. The Morgan fingerprint density at radius 3 is 2.36 bits per heavy atom. The second-order valence-corrected chi connectivity index (χ2v) is 11.3. The Kier molecular flexibility index (Phi) is 9.55. The molecule has 2 aromatic rings. The molecule has 3 rings (SSSR count). The van der Waals surface area contributed by atoms with Crippen molar-refractivity contribution in [2.75, 3.05) is 31.5 Å². The van der Waals surface area contributed by atoms with Crippen molar-refractivity contribution < 1.29 is 9.59 Å². The van der Waals surface area contributed by atoms with Crippen LogP contribution in [0.25, 0.3) is 0 Å². The summed E-state index contributed by atoms with van der Waals surface area (Å²) >= 11 is 0. The fraction of sp³-hybridized carbons (Fsp3) is 0.533. The predicted octanol–water partition coefficient (Wildman–Crippen LogP) is 5.67. The fourth-order valence-electron chi connectivity index (χ4n) is 5.02. The summed E-state index contributed by atoms with van der Waals surface area (Å²) in [5.41, 5.74) is 9.42. The van der Waals surface area contributed by atoms with E-state index in [9.17, 15) is 9.59 Å². The SMILES string of the molecule is CCCN(CC1CCN(C(N)=O)CC1)C(C)Cc1cccc(NC(=O)c2ccc(C(C)(C)C)cc2)c1. The number of rotatable bonds is 9. The first-order valence-corrected chi connectivity index (χ1v) is 13.4. The maximum atomic E-state index is 12.8. The Labute approximate surface area is 217 Å². The van der Waals surface area contributed by atoms with E-state index in [4.69, 9.17) is 5.73 Å². The van der Waals surface area contributed by atoms with Crippen LogP contribution in [0.2, 0.25) is 0 Å². The van der Waals surface area contributed by atoms with E-state index < -0.39 is 0 Å². The maximum Gasteiger partial charge on any atom is 0.314 e. The number of nitrogens with two attached hydrogens (primary N) is 1. The zero-order chi connectivity index (χ0) is 26.3. The second kappa shape index (κ2) is 12.4. The van der Waals surface area contributed by atoms with Crippen molar-refractivity contribution in [1.29, 1.82) is 0 Å². The van der Waals surface area contributed by atoms with Gasteiger partial charge in [-0.05, 0) is 85.9 Å². The van der Waals surface area contributed by atoms with Crippen LogP contribution in [0.5, 0.6) is 0 Å². The molecule has 0 aromatic heterocycles. The number of carbonyl (C=O) groups is 2. The van der Waals surface area contributed by atoms with Gasteiger partial charge in [0.1, 0.15) is 0 Å². The zero-order valence-electron chi connectivity index (χ0n) is 22.7. The maximum absolute atomic E-state index is 12.8. The Bertz CT molecular complexity index is 1000. The number of carbonyl (C=O) groups excluding carboxylic acids is 2. The zero-order valence-corrected chi connectivity index (χ0v) is 22.7. The van der Waals surface area contributed by atoms with Gasteiger partial charge in [0.25, 0.3) is 5.91 Å². The van der Waals surface area contributed by atoms with Gasteiger partial charge in [0.05, 0.1) is 0 Å². The third kappa shape index (κ3) is 7.82. The molecule has 0 aliphatic carbocycles. The van der Waals surface area contributed by atoms with Crippen LogP contribution in [0.4, 0.5) is 10.5 Å². The number of urea groups is 1. The van der Waals surface area contributed by atoms with E-state index in [1.807, 2.05) is 36.4 Å². The van der Waals surface area contributed by atoms with Crippen LogP contribution in [-0.2, 0) is 11.8 Å². The van der Waals surface area contributed by atoms with Gasteiger partial charge in [-0.1, -0.05) is 52.0 Å². The lowest BCUT2D eigenvalue weighted by molar-refractivity contribution is 0.102. The van der Waals surface area contributed by atoms with Crippen molar-refractivity contribution in [3.05, 3.63) is 65.2 Å². The summed E-state index contributed by atoms with van der Waals surface area (Å²) in [7, 11) is 0. The third-order valence-electron chi connectivity index (χ3n) is 7.28. The number of primary amides is 1. The van der Waals surface area contributed by atoms with Gasteiger partial charge >= 0.3 is 6.03 Å². The van der Waals surface area contributed by atoms with Crippen LogP contribution in [0.15, 0.2) is 48.5 Å². The van der Waals surface area contributed by atoms with Crippen molar-refractivity contribution in [2.24, 2.45) is 11.7 Å². The van der Waals surface area contributed by atoms with Gasteiger partial charge in [-0.3, -0.25) is 4.79 Å². The molecule has 1 unspecified atom stereocenters. The molecule has 1 aliphatic rings. The minimum atomic E-state index is -0.305. The number of anilines is 1. The van der Waals surface area contributed by atoms with E-state index in [0.29, 0.717) is 17.5 Å². The van der Waals surface area contributed by atoms with Crippen LogP contribution < -0.4 is 11.1 Å². The molecule has 196 valence electrons. The summed E-state index contributed by atoms with van der Waals surface area (Å²) in [6.45, 7) is 14.6. The van der Waals surface area contributed by atoms with E-state index in [0.717, 1.165) is 57.5 Å². The third-order valence-corrected chi connectivity index (χ3v) is 7.28. The lowest BCUT2D eigenvalue weighted by Crippen LogP contribution is -2.45. The Morgan fingerprint density at radius 1 is 1.11 bits per heavy atom. The molecule has 6 heteroatoms. The van der Waals surface area contributed by atoms with Gasteiger partial charge in [-0.25, -0.2) is 4.79 Å². The molecule has 1 fully saturated rings. The van der Waals surface area contributed by atoms with Gasteiger partial charge in [-0.15, -0.1) is 0 Å². The number of amides is 3. The number of hydrogen-bond acceptors (Lipinski definition) is 3. The summed E-state index contributed by atoms with van der Waals surface area (Å²) < 4.78 is 0. The average Bonchev–Trinajstić information content (AvgIpc) is 2.84. The smallest absolute Gasteiger partial charge is 0.314 e. The lowest BCUT2D eigenvalue weighted by atomic mass is 9.87. The molecular formula is C30H44N4O2. The molecule has 0 radical (unpaired) electrons. The van der Waals surface area contributed by atoms with Crippen molar-refractivity contribution >= 4 is 17.6 Å². The molecule has 1 saturated heterocycles. The molecule has 0 spiro atoms. The Balaban J connectivity index is 1.59. The molecule has 3 amide bonds. The Hall–Kier alpha value is -2.86. The van der Waals surface area contributed by atoms with Gasteiger partial charge in [0.15, 0.2) is 0 Å². The summed E-state index contributed by atoms with van der Waals surface area (Å²) in [4.78, 5) is 28.6. The van der Waals surface area contributed by atoms with Crippen molar-refractivity contribution in [3.63, 3.8) is 0 Å². The summed E-state index contributed by atoms with van der Waals surface area (Å²) in [6, 6.07) is 16.1. The number of nitrogens with zero attached hydrogens (tertiary/aromatic N) is 2. The first-order valence-electron chi connectivity index (χ1n) is 13.4. The van der Waals surface area contributed by atoms with Crippen molar-refractivity contribution in [3.8, 4) is 0 Å². The Morgan fingerprint density at radius 2 is 1.78 bits per heavy atom. The summed E-state index contributed by atoms with van der Waals surface area (Å²) in [5.74, 6) is 0.500. The molecule has 6 nitrogen and oxygen atoms in total. The molecular weight excluding hydrogens is 448 g/mol. The van der Waals surface area contributed by atoms with Crippen LogP contribution in [0.3, 0.4) is 0 Å². The molecule has 0 bridgehead atoms.